The van der Waals surface area contributed by atoms with Crippen molar-refractivity contribution in [1.82, 2.24) is 0 Å². The first-order valence-corrected chi connectivity index (χ1v) is 9.29. The highest BCUT2D eigenvalue weighted by molar-refractivity contribution is 5.70. The van der Waals surface area contributed by atoms with Gasteiger partial charge in [0.15, 0.2) is 11.2 Å². The number of hydrogen-bond donors (Lipinski definition) is 0. The molecule has 0 aromatic carbocycles. The van der Waals surface area contributed by atoms with Crippen LogP contribution in [0.4, 0.5) is 0 Å². The topological polar surface area (TPSA) is 132 Å². The summed E-state index contributed by atoms with van der Waals surface area (Å²) in [5, 5.41) is 0. The first-order valence-electron chi connectivity index (χ1n) is 9.29. The number of ether oxygens (including phenoxy) is 5. The lowest BCUT2D eigenvalue weighted by Crippen LogP contribution is -2.64. The molecule has 2 aliphatic carbocycles. The molecule has 2 fully saturated rings. The van der Waals surface area contributed by atoms with E-state index >= 15 is 0 Å². The molecule has 0 heterocycles. The lowest BCUT2D eigenvalue weighted by atomic mass is 9.70. The Balaban J connectivity index is 2.53. The minimum atomic E-state index is -1.42. The van der Waals surface area contributed by atoms with Crippen molar-refractivity contribution in [2.24, 2.45) is 0 Å². The summed E-state index contributed by atoms with van der Waals surface area (Å²) < 4.78 is 27.3. The first kappa shape index (κ1) is 22.6. The van der Waals surface area contributed by atoms with Crippen molar-refractivity contribution < 1.29 is 47.7 Å². The van der Waals surface area contributed by atoms with Crippen molar-refractivity contribution in [1.29, 1.82) is 0 Å². The van der Waals surface area contributed by atoms with Gasteiger partial charge in [0.1, 0.15) is 18.3 Å². The van der Waals surface area contributed by atoms with Gasteiger partial charge in [-0.25, -0.2) is 0 Å². The Morgan fingerprint density at radius 1 is 0.552 bits per heavy atom. The minimum absolute atomic E-state index is 0.0456. The molecule has 0 aliphatic heterocycles. The summed E-state index contributed by atoms with van der Waals surface area (Å²) in [7, 11) is 0. The molecule has 0 aromatic heterocycles. The summed E-state index contributed by atoms with van der Waals surface area (Å²) in [6.07, 6.45) is -2.66. The van der Waals surface area contributed by atoms with E-state index < -0.39 is 59.4 Å². The van der Waals surface area contributed by atoms with Gasteiger partial charge in [0.05, 0.1) is 0 Å². The van der Waals surface area contributed by atoms with Crippen molar-refractivity contribution in [3.8, 4) is 0 Å². The fraction of sp³-hybridized carbons (Fsp3) is 0.737. The van der Waals surface area contributed by atoms with E-state index in [-0.39, 0.29) is 25.7 Å². The second kappa shape index (κ2) is 8.38. The Kier molecular flexibility index (Phi) is 6.54. The average Bonchev–Trinajstić information content (AvgIpc) is 2.75. The SMILES string of the molecule is CC(=O)OC1CC2(OC(C)=O)CC(OC(C)=O)C(OC(C)=O)CC2(OC(C)=O)C1. The highest BCUT2D eigenvalue weighted by Crippen LogP contribution is 2.55. The summed E-state index contributed by atoms with van der Waals surface area (Å²) in [4.78, 5) is 58.6. The highest BCUT2D eigenvalue weighted by Gasteiger charge is 2.69. The number of rotatable bonds is 5. The third-order valence-electron chi connectivity index (χ3n) is 5.07. The maximum absolute atomic E-state index is 11.9. The van der Waals surface area contributed by atoms with Crippen LogP contribution in [0.1, 0.15) is 60.3 Å². The van der Waals surface area contributed by atoms with Crippen molar-refractivity contribution >= 4 is 29.8 Å². The molecule has 10 nitrogen and oxygen atoms in total. The number of hydrogen-bond acceptors (Lipinski definition) is 10. The zero-order valence-corrected chi connectivity index (χ0v) is 17.1. The Bertz CT molecular complexity index is 664. The van der Waals surface area contributed by atoms with Crippen molar-refractivity contribution in [2.75, 3.05) is 0 Å². The summed E-state index contributed by atoms with van der Waals surface area (Å²) >= 11 is 0. The Hall–Kier alpha value is -2.65. The van der Waals surface area contributed by atoms with E-state index in [4.69, 9.17) is 23.7 Å². The van der Waals surface area contributed by atoms with E-state index in [2.05, 4.69) is 0 Å². The lowest BCUT2D eigenvalue weighted by molar-refractivity contribution is -0.244. The molecule has 162 valence electrons. The molecule has 2 rings (SSSR count). The maximum atomic E-state index is 11.9. The van der Waals surface area contributed by atoms with E-state index in [0.717, 1.165) is 0 Å². The quantitative estimate of drug-likeness (QED) is 0.473. The second-order valence-corrected chi connectivity index (χ2v) is 7.52. The number of carbonyl (C=O) groups excluding carboxylic acids is 5. The van der Waals surface area contributed by atoms with Gasteiger partial charge in [-0.15, -0.1) is 0 Å². The third kappa shape index (κ3) is 5.04. The van der Waals surface area contributed by atoms with Crippen LogP contribution in [0.5, 0.6) is 0 Å². The van der Waals surface area contributed by atoms with Crippen LogP contribution in [-0.4, -0.2) is 59.4 Å². The van der Waals surface area contributed by atoms with Crippen LogP contribution in [0, 0.1) is 0 Å². The summed E-state index contributed by atoms with van der Waals surface area (Å²) in [5.74, 6) is -3.05. The van der Waals surface area contributed by atoms with Gasteiger partial charge >= 0.3 is 29.8 Å². The molecular formula is C19H26O10. The molecule has 0 saturated heterocycles. The van der Waals surface area contributed by atoms with Crippen LogP contribution in [-0.2, 0) is 47.7 Å². The van der Waals surface area contributed by atoms with Crippen LogP contribution in [0.15, 0.2) is 0 Å². The molecule has 10 heteroatoms. The van der Waals surface area contributed by atoms with E-state index in [1.165, 1.54) is 34.6 Å². The van der Waals surface area contributed by atoms with E-state index in [1.807, 2.05) is 0 Å². The molecule has 0 N–H and O–H groups in total. The molecule has 0 amide bonds. The summed E-state index contributed by atoms with van der Waals surface area (Å²) in [6, 6.07) is 0. The van der Waals surface area contributed by atoms with Crippen LogP contribution in [0.2, 0.25) is 0 Å². The normalized spacial score (nSPS) is 33.1. The number of esters is 5. The second-order valence-electron chi connectivity index (χ2n) is 7.52. The smallest absolute Gasteiger partial charge is 0.303 e. The van der Waals surface area contributed by atoms with Gasteiger partial charge in [-0.2, -0.15) is 0 Å². The Labute approximate surface area is 168 Å². The van der Waals surface area contributed by atoms with Crippen molar-refractivity contribution in [3.05, 3.63) is 0 Å². The predicted octanol–water partition coefficient (Wildman–Crippen LogP) is 0.973. The summed E-state index contributed by atoms with van der Waals surface area (Å²) in [5.41, 5.74) is -2.83. The third-order valence-corrected chi connectivity index (χ3v) is 5.07. The lowest BCUT2D eigenvalue weighted by Gasteiger charge is -2.50. The fourth-order valence-corrected chi connectivity index (χ4v) is 4.51. The molecule has 0 spiro atoms. The van der Waals surface area contributed by atoms with Crippen molar-refractivity contribution in [2.45, 2.75) is 89.8 Å². The highest BCUT2D eigenvalue weighted by atomic mass is 16.6. The molecule has 29 heavy (non-hydrogen) atoms. The van der Waals surface area contributed by atoms with Gasteiger partial charge in [-0.1, -0.05) is 0 Å². The zero-order chi connectivity index (χ0) is 22.0. The molecule has 4 atom stereocenters. The maximum Gasteiger partial charge on any atom is 0.303 e. The fourth-order valence-electron chi connectivity index (χ4n) is 4.51. The first-order chi connectivity index (χ1) is 13.4. The van der Waals surface area contributed by atoms with E-state index in [1.54, 1.807) is 0 Å². The van der Waals surface area contributed by atoms with Crippen LogP contribution < -0.4 is 0 Å². The average molecular weight is 414 g/mol. The van der Waals surface area contributed by atoms with Crippen LogP contribution in [0.25, 0.3) is 0 Å². The zero-order valence-electron chi connectivity index (χ0n) is 17.1. The van der Waals surface area contributed by atoms with Gasteiger partial charge in [0, 0.05) is 60.3 Å². The molecular weight excluding hydrogens is 388 g/mol. The van der Waals surface area contributed by atoms with Crippen LogP contribution >= 0.6 is 0 Å². The molecule has 2 aliphatic rings. The molecule has 0 radical (unpaired) electrons. The standard InChI is InChI=1S/C19H26O10/c1-10(20)25-15-6-18(28-13(4)23)8-16(26-11(2)21)17(27-12(3)22)9-19(18,7-15)29-14(5)24/h15-17H,6-9H2,1-5H3. The number of fused-ring (bicyclic) bond motifs is 1. The van der Waals surface area contributed by atoms with Gasteiger partial charge in [-0.3, -0.25) is 24.0 Å². The van der Waals surface area contributed by atoms with Gasteiger partial charge in [0.2, 0.25) is 0 Å². The molecule has 0 aromatic rings. The van der Waals surface area contributed by atoms with Gasteiger partial charge in [-0.05, 0) is 0 Å². The summed E-state index contributed by atoms with van der Waals surface area (Å²) in [6.45, 7) is 6.04. The Morgan fingerprint density at radius 2 is 0.897 bits per heavy atom. The monoisotopic (exact) mass is 414 g/mol. The van der Waals surface area contributed by atoms with Gasteiger partial charge < -0.3 is 23.7 Å². The van der Waals surface area contributed by atoms with E-state index in [9.17, 15) is 24.0 Å². The molecule has 0 bridgehead atoms. The van der Waals surface area contributed by atoms with E-state index in [0.29, 0.717) is 0 Å². The van der Waals surface area contributed by atoms with Crippen molar-refractivity contribution in [3.63, 3.8) is 0 Å². The Morgan fingerprint density at radius 3 is 1.17 bits per heavy atom. The minimum Gasteiger partial charge on any atom is -0.462 e. The van der Waals surface area contributed by atoms with Gasteiger partial charge in [0.25, 0.3) is 0 Å². The van der Waals surface area contributed by atoms with Crippen LogP contribution in [0.3, 0.4) is 0 Å². The molecule has 4 unspecified atom stereocenters. The largest absolute Gasteiger partial charge is 0.462 e. The predicted molar refractivity (Wildman–Crippen MR) is 94.1 cm³/mol. The number of carbonyl (C=O) groups is 5. The molecule has 2 saturated carbocycles.